The molecule has 1 aliphatic heterocycles. The highest BCUT2D eigenvalue weighted by molar-refractivity contribution is 6.00. The van der Waals surface area contributed by atoms with Gasteiger partial charge in [-0.2, -0.15) is 0 Å². The third-order valence-electron chi connectivity index (χ3n) is 6.03. The van der Waals surface area contributed by atoms with Crippen molar-refractivity contribution >= 4 is 23.2 Å². The van der Waals surface area contributed by atoms with E-state index < -0.39 is 5.92 Å². The first-order valence-electron chi connectivity index (χ1n) is 12.1. The molecule has 36 heavy (non-hydrogen) atoms. The number of nitrogens with zero attached hydrogens (tertiary/aromatic N) is 1. The van der Waals surface area contributed by atoms with Crippen molar-refractivity contribution in [3.8, 4) is 11.5 Å². The number of amides is 2. The van der Waals surface area contributed by atoms with Crippen LogP contribution in [0.2, 0.25) is 0 Å². The van der Waals surface area contributed by atoms with E-state index in [1.54, 1.807) is 35.2 Å². The summed E-state index contributed by atoms with van der Waals surface area (Å²) in [6.45, 7) is 4.97. The fraction of sp³-hybridized carbons (Fsp3) is 0.286. The molecule has 1 fully saturated rings. The van der Waals surface area contributed by atoms with Gasteiger partial charge in [-0.3, -0.25) is 20.4 Å². The standard InChI is InChI=1S/C28H30FN3O4/c1-3-19-7-12-24(13-8-19)32-17-21(15-27(32)33)28(34)31-30-23-11-14-25(26(16-23)35-4-2)36-18-20-5-9-22(29)10-6-20/h5-14,16,21,30H,3-4,15,17-18H2,1-2H3,(H,31,34)/t21-/m1/s1. The molecule has 1 aliphatic rings. The van der Waals surface area contributed by atoms with Gasteiger partial charge >= 0.3 is 0 Å². The fourth-order valence-corrected chi connectivity index (χ4v) is 4.00. The van der Waals surface area contributed by atoms with Gasteiger partial charge < -0.3 is 14.4 Å². The molecule has 1 heterocycles. The average Bonchev–Trinajstić information content (AvgIpc) is 3.29. The van der Waals surface area contributed by atoms with Crippen molar-refractivity contribution in [1.29, 1.82) is 0 Å². The van der Waals surface area contributed by atoms with E-state index in [2.05, 4.69) is 17.8 Å². The first-order chi connectivity index (χ1) is 17.5. The third kappa shape index (κ3) is 6.13. The van der Waals surface area contributed by atoms with Crippen molar-refractivity contribution < 1.29 is 23.5 Å². The van der Waals surface area contributed by atoms with Crippen LogP contribution in [-0.2, 0) is 22.6 Å². The molecule has 0 aliphatic carbocycles. The summed E-state index contributed by atoms with van der Waals surface area (Å²) >= 11 is 0. The quantitative estimate of drug-likeness (QED) is 0.396. The Hall–Kier alpha value is -4.07. The van der Waals surface area contributed by atoms with Crippen LogP contribution >= 0.6 is 0 Å². The van der Waals surface area contributed by atoms with Crippen molar-refractivity contribution in [1.82, 2.24) is 5.43 Å². The number of aryl methyl sites for hydroxylation is 1. The summed E-state index contributed by atoms with van der Waals surface area (Å²) in [6.07, 6.45) is 1.08. The van der Waals surface area contributed by atoms with Gasteiger partial charge in [0.2, 0.25) is 11.8 Å². The number of rotatable bonds is 10. The van der Waals surface area contributed by atoms with Crippen LogP contribution in [0.1, 0.15) is 31.4 Å². The summed E-state index contributed by atoms with van der Waals surface area (Å²) in [5, 5.41) is 0. The van der Waals surface area contributed by atoms with Gasteiger partial charge in [-0.25, -0.2) is 4.39 Å². The SMILES string of the molecule is CCOc1cc(NNC(=O)[C@@H]2CC(=O)N(c3ccc(CC)cc3)C2)ccc1OCc1ccc(F)cc1. The minimum absolute atomic E-state index is 0.0688. The van der Waals surface area contributed by atoms with E-state index in [1.165, 1.54) is 17.7 Å². The molecule has 0 spiro atoms. The molecule has 0 unspecified atom stereocenters. The predicted octanol–water partition coefficient (Wildman–Crippen LogP) is 4.86. The van der Waals surface area contributed by atoms with E-state index in [4.69, 9.17) is 9.47 Å². The molecule has 0 aromatic heterocycles. The molecule has 2 N–H and O–H groups in total. The molecule has 7 nitrogen and oxygen atoms in total. The van der Waals surface area contributed by atoms with Crippen LogP contribution in [0, 0.1) is 11.7 Å². The van der Waals surface area contributed by atoms with Crippen molar-refractivity contribution in [3.05, 3.63) is 83.7 Å². The van der Waals surface area contributed by atoms with E-state index in [0.717, 1.165) is 17.7 Å². The fourth-order valence-electron chi connectivity index (χ4n) is 4.00. The van der Waals surface area contributed by atoms with Crippen LogP contribution in [0.3, 0.4) is 0 Å². The number of ether oxygens (including phenoxy) is 2. The second kappa shape index (κ2) is 11.6. The number of nitrogens with one attached hydrogen (secondary N) is 2. The molecular formula is C28H30FN3O4. The Morgan fingerprint density at radius 2 is 1.69 bits per heavy atom. The minimum Gasteiger partial charge on any atom is -0.490 e. The Morgan fingerprint density at radius 1 is 0.972 bits per heavy atom. The first-order valence-corrected chi connectivity index (χ1v) is 12.1. The van der Waals surface area contributed by atoms with Crippen LogP contribution in [0.4, 0.5) is 15.8 Å². The zero-order chi connectivity index (χ0) is 25.5. The molecule has 188 valence electrons. The molecular weight excluding hydrogens is 461 g/mol. The highest BCUT2D eigenvalue weighted by Gasteiger charge is 2.35. The molecule has 8 heteroatoms. The number of hydrogen-bond donors (Lipinski definition) is 2. The van der Waals surface area contributed by atoms with Gasteiger partial charge in [0, 0.05) is 24.7 Å². The van der Waals surface area contributed by atoms with Gasteiger partial charge in [0.05, 0.1) is 18.2 Å². The topological polar surface area (TPSA) is 79.9 Å². The number of hydrogen-bond acceptors (Lipinski definition) is 5. The summed E-state index contributed by atoms with van der Waals surface area (Å²) < 4.78 is 24.7. The highest BCUT2D eigenvalue weighted by atomic mass is 19.1. The number of benzene rings is 3. The lowest BCUT2D eigenvalue weighted by atomic mass is 10.1. The van der Waals surface area contributed by atoms with E-state index in [0.29, 0.717) is 30.3 Å². The van der Waals surface area contributed by atoms with Gasteiger partial charge in [-0.05, 0) is 60.9 Å². The van der Waals surface area contributed by atoms with Crippen LogP contribution in [0.25, 0.3) is 0 Å². The monoisotopic (exact) mass is 491 g/mol. The van der Waals surface area contributed by atoms with Crippen LogP contribution in [0.15, 0.2) is 66.7 Å². The maximum atomic E-state index is 13.1. The molecule has 2 amide bonds. The second-order valence-corrected chi connectivity index (χ2v) is 8.55. The van der Waals surface area contributed by atoms with Crippen LogP contribution in [-0.4, -0.2) is 25.0 Å². The number of carbonyl (C=O) groups is 2. The normalized spacial score (nSPS) is 15.0. The lowest BCUT2D eigenvalue weighted by Gasteiger charge is -2.18. The molecule has 3 aromatic rings. The number of anilines is 2. The van der Waals surface area contributed by atoms with E-state index >= 15 is 0 Å². The number of hydrazine groups is 1. The van der Waals surface area contributed by atoms with E-state index in [1.807, 2.05) is 31.2 Å². The minimum atomic E-state index is -0.458. The Balaban J connectivity index is 1.34. The maximum absolute atomic E-state index is 13.1. The van der Waals surface area contributed by atoms with Gasteiger partial charge in [0.1, 0.15) is 12.4 Å². The third-order valence-corrected chi connectivity index (χ3v) is 6.03. The smallest absolute Gasteiger partial charge is 0.243 e. The molecule has 1 atom stereocenters. The second-order valence-electron chi connectivity index (χ2n) is 8.55. The summed E-state index contributed by atoms with van der Waals surface area (Å²) in [6, 6.07) is 19.2. The van der Waals surface area contributed by atoms with Crippen molar-refractivity contribution in [2.45, 2.75) is 33.3 Å². The number of carbonyl (C=O) groups excluding carboxylic acids is 2. The average molecular weight is 492 g/mol. The summed E-state index contributed by atoms with van der Waals surface area (Å²) in [5.41, 5.74) is 9.05. The largest absolute Gasteiger partial charge is 0.490 e. The molecule has 0 radical (unpaired) electrons. The van der Waals surface area contributed by atoms with Crippen LogP contribution < -0.4 is 25.2 Å². The van der Waals surface area contributed by atoms with Gasteiger partial charge in [-0.1, -0.05) is 31.2 Å². The van der Waals surface area contributed by atoms with Gasteiger partial charge in [0.25, 0.3) is 0 Å². The maximum Gasteiger partial charge on any atom is 0.243 e. The zero-order valence-corrected chi connectivity index (χ0v) is 20.4. The van der Waals surface area contributed by atoms with Crippen molar-refractivity contribution in [2.24, 2.45) is 5.92 Å². The molecule has 0 saturated carbocycles. The lowest BCUT2D eigenvalue weighted by Crippen LogP contribution is -2.36. The van der Waals surface area contributed by atoms with Crippen LogP contribution in [0.5, 0.6) is 11.5 Å². The Kier molecular flexibility index (Phi) is 8.05. The highest BCUT2D eigenvalue weighted by Crippen LogP contribution is 2.31. The summed E-state index contributed by atoms with van der Waals surface area (Å²) in [4.78, 5) is 27.0. The summed E-state index contributed by atoms with van der Waals surface area (Å²) in [7, 11) is 0. The van der Waals surface area contributed by atoms with Crippen molar-refractivity contribution in [2.75, 3.05) is 23.5 Å². The lowest BCUT2D eigenvalue weighted by molar-refractivity contribution is -0.125. The Morgan fingerprint density at radius 3 is 2.39 bits per heavy atom. The predicted molar refractivity (Wildman–Crippen MR) is 136 cm³/mol. The molecule has 0 bridgehead atoms. The molecule has 3 aromatic carbocycles. The molecule has 1 saturated heterocycles. The molecule has 4 rings (SSSR count). The zero-order valence-electron chi connectivity index (χ0n) is 20.4. The van der Waals surface area contributed by atoms with E-state index in [-0.39, 0.29) is 30.7 Å². The number of halogens is 1. The van der Waals surface area contributed by atoms with Crippen molar-refractivity contribution in [3.63, 3.8) is 0 Å². The first kappa shape index (κ1) is 25.0. The van der Waals surface area contributed by atoms with E-state index in [9.17, 15) is 14.0 Å². The summed E-state index contributed by atoms with van der Waals surface area (Å²) in [5.74, 6) is -0.0424. The Labute approximate surface area is 210 Å². The Bertz CT molecular complexity index is 1200. The van der Waals surface area contributed by atoms with Gasteiger partial charge in [0.15, 0.2) is 11.5 Å². The van der Waals surface area contributed by atoms with Gasteiger partial charge in [-0.15, -0.1) is 0 Å².